The molecule has 1 heterocycles. The van der Waals surface area contributed by atoms with E-state index in [-0.39, 0.29) is 5.41 Å². The van der Waals surface area contributed by atoms with Gasteiger partial charge in [0.2, 0.25) is 0 Å². The molecule has 0 N–H and O–H groups in total. The molecule has 4 aliphatic carbocycles. The Morgan fingerprint density at radius 3 is 2.81 bits per heavy atom. The Morgan fingerprint density at radius 2 is 2.04 bits per heavy atom. The van der Waals surface area contributed by atoms with Crippen molar-refractivity contribution < 1.29 is 4.79 Å². The molecular weight excluding hydrogens is 332 g/mol. The van der Waals surface area contributed by atoms with Crippen molar-refractivity contribution in [2.24, 2.45) is 40.4 Å². The van der Waals surface area contributed by atoms with Crippen LogP contribution in [0.4, 0.5) is 0 Å². The van der Waals surface area contributed by atoms with Crippen molar-refractivity contribution in [2.75, 3.05) is 0 Å². The average Bonchev–Trinajstić information content (AvgIpc) is 3.01. The smallest absolute Gasteiger partial charge is 0.133 e. The molecule has 27 heavy (non-hydrogen) atoms. The second kappa shape index (κ2) is 5.99. The van der Waals surface area contributed by atoms with E-state index in [0.29, 0.717) is 17.1 Å². The topological polar surface area (TPSA) is 42.9 Å². The number of aromatic nitrogens is 2. The molecule has 0 saturated heterocycles. The summed E-state index contributed by atoms with van der Waals surface area (Å²) in [5, 5.41) is 0. The highest BCUT2D eigenvalue weighted by Crippen LogP contribution is 2.68. The number of allylic oxidation sites excluding steroid dienone is 2. The lowest BCUT2D eigenvalue weighted by Gasteiger charge is -2.62. The highest BCUT2D eigenvalue weighted by Gasteiger charge is 2.60. The molecule has 0 aromatic carbocycles. The van der Waals surface area contributed by atoms with Crippen LogP contribution in [0.1, 0.15) is 71.4 Å². The van der Waals surface area contributed by atoms with Crippen LogP contribution in [0.3, 0.4) is 0 Å². The Labute approximate surface area is 163 Å². The number of hydrogen-bond acceptors (Lipinski definition) is 3. The van der Waals surface area contributed by atoms with Crippen LogP contribution in [0, 0.1) is 40.4 Å². The monoisotopic (exact) mass is 364 g/mol. The lowest BCUT2D eigenvalue weighted by atomic mass is 9.42. The van der Waals surface area contributed by atoms with Gasteiger partial charge in [0.15, 0.2) is 0 Å². The normalized spacial score (nSPS) is 46.3. The van der Waals surface area contributed by atoms with Crippen molar-refractivity contribution in [3.63, 3.8) is 0 Å². The number of rotatable bonds is 1. The van der Waals surface area contributed by atoms with Crippen LogP contribution in [0.2, 0.25) is 0 Å². The second-order valence-electron chi connectivity index (χ2n) is 10.4. The molecule has 0 aliphatic heterocycles. The van der Waals surface area contributed by atoms with Crippen LogP contribution < -0.4 is 0 Å². The molecule has 0 bridgehead atoms. The van der Waals surface area contributed by atoms with Gasteiger partial charge >= 0.3 is 0 Å². The molecule has 0 amide bonds. The first-order valence-corrected chi connectivity index (χ1v) is 10.9. The standard InChI is InChI=1S/C24H32N2O/c1-15-12-16-13-17(27)6-9-23(16,2)20-7-10-24(3)18(4-5-19(24)22(15)20)21-8-11-25-14-26-21/h4,8,11,14-16,19-20,22H,5-7,9-10,12-13H2,1-3H3/t15-,16?,19-,20-,22-,23-,24+/m0/s1. The van der Waals surface area contributed by atoms with Crippen LogP contribution in [0.25, 0.3) is 5.57 Å². The Balaban J connectivity index is 1.49. The van der Waals surface area contributed by atoms with Gasteiger partial charge in [-0.05, 0) is 84.2 Å². The van der Waals surface area contributed by atoms with Gasteiger partial charge < -0.3 is 0 Å². The minimum absolute atomic E-state index is 0.247. The maximum Gasteiger partial charge on any atom is 0.133 e. The van der Waals surface area contributed by atoms with Crippen molar-refractivity contribution in [1.29, 1.82) is 0 Å². The zero-order valence-electron chi connectivity index (χ0n) is 16.9. The van der Waals surface area contributed by atoms with Crippen molar-refractivity contribution in [3.05, 3.63) is 30.4 Å². The molecule has 5 rings (SSSR count). The van der Waals surface area contributed by atoms with Crippen LogP contribution in [-0.4, -0.2) is 15.8 Å². The molecule has 3 saturated carbocycles. The lowest BCUT2D eigenvalue weighted by Crippen LogP contribution is -2.55. The van der Waals surface area contributed by atoms with Gasteiger partial charge in [-0.1, -0.05) is 26.8 Å². The predicted octanol–water partition coefficient (Wildman–Crippen LogP) is 5.33. The van der Waals surface area contributed by atoms with Crippen molar-refractivity contribution in [2.45, 2.75) is 65.7 Å². The number of nitrogens with zero attached hydrogens (tertiary/aromatic N) is 2. The number of carbonyl (C=O) groups is 1. The first-order valence-electron chi connectivity index (χ1n) is 10.9. The minimum Gasteiger partial charge on any atom is -0.300 e. The third-order valence-electron chi connectivity index (χ3n) is 9.28. The number of ketones is 1. The van der Waals surface area contributed by atoms with Crippen LogP contribution in [-0.2, 0) is 4.79 Å². The molecule has 1 aromatic heterocycles. The fraction of sp³-hybridized carbons (Fsp3) is 0.708. The fourth-order valence-electron chi connectivity index (χ4n) is 7.85. The summed E-state index contributed by atoms with van der Waals surface area (Å²) in [7, 11) is 0. The zero-order valence-corrected chi connectivity index (χ0v) is 16.9. The first-order chi connectivity index (χ1) is 12.9. The summed E-state index contributed by atoms with van der Waals surface area (Å²) >= 11 is 0. The van der Waals surface area contributed by atoms with Gasteiger partial charge in [0.05, 0.1) is 5.69 Å². The molecule has 4 aliphatic rings. The molecule has 3 heteroatoms. The molecule has 7 atom stereocenters. The Hall–Kier alpha value is -1.51. The van der Waals surface area contributed by atoms with Gasteiger partial charge in [-0.2, -0.15) is 0 Å². The Morgan fingerprint density at radius 1 is 1.19 bits per heavy atom. The van der Waals surface area contributed by atoms with Crippen molar-refractivity contribution in [3.8, 4) is 0 Å². The van der Waals surface area contributed by atoms with Crippen LogP contribution >= 0.6 is 0 Å². The van der Waals surface area contributed by atoms with E-state index < -0.39 is 0 Å². The number of Topliss-reactive ketones (excluding diaryl/α,β-unsaturated/α-hetero) is 1. The predicted molar refractivity (Wildman–Crippen MR) is 107 cm³/mol. The Bertz CT molecular complexity index is 787. The molecule has 0 radical (unpaired) electrons. The third kappa shape index (κ3) is 2.42. The van der Waals surface area contributed by atoms with E-state index in [0.717, 1.165) is 48.6 Å². The summed E-state index contributed by atoms with van der Waals surface area (Å²) in [6.45, 7) is 7.51. The maximum atomic E-state index is 12.1. The van der Waals surface area contributed by atoms with E-state index in [1.807, 2.05) is 6.20 Å². The maximum absolute atomic E-state index is 12.1. The minimum atomic E-state index is 0.247. The van der Waals surface area contributed by atoms with Gasteiger partial charge in [0, 0.05) is 19.0 Å². The van der Waals surface area contributed by atoms with E-state index >= 15 is 0 Å². The van der Waals surface area contributed by atoms with Crippen molar-refractivity contribution >= 4 is 11.4 Å². The summed E-state index contributed by atoms with van der Waals surface area (Å²) in [5.74, 6) is 4.16. The van der Waals surface area contributed by atoms with Gasteiger partial charge in [-0.15, -0.1) is 0 Å². The summed E-state index contributed by atoms with van der Waals surface area (Å²) in [6.07, 6.45) is 13.9. The van der Waals surface area contributed by atoms with Gasteiger partial charge in [0.25, 0.3) is 0 Å². The molecule has 144 valence electrons. The molecule has 1 unspecified atom stereocenters. The number of fused-ring (bicyclic) bond motifs is 5. The summed E-state index contributed by atoms with van der Waals surface area (Å²) in [6, 6.07) is 2.08. The summed E-state index contributed by atoms with van der Waals surface area (Å²) in [5.41, 5.74) is 3.22. The molecule has 3 fully saturated rings. The third-order valence-corrected chi connectivity index (χ3v) is 9.28. The van der Waals surface area contributed by atoms with E-state index in [1.54, 1.807) is 6.33 Å². The van der Waals surface area contributed by atoms with E-state index in [1.165, 1.54) is 31.3 Å². The summed E-state index contributed by atoms with van der Waals surface area (Å²) in [4.78, 5) is 20.8. The fourth-order valence-corrected chi connectivity index (χ4v) is 7.85. The lowest BCUT2D eigenvalue weighted by molar-refractivity contribution is -0.144. The number of carbonyl (C=O) groups excluding carboxylic acids is 1. The highest BCUT2D eigenvalue weighted by atomic mass is 16.1. The van der Waals surface area contributed by atoms with Crippen molar-refractivity contribution in [1.82, 2.24) is 9.97 Å². The SMILES string of the molecule is C[C@H]1CC2CC(=O)CC[C@]2(C)[C@H]2CC[C@]3(C)C(c4ccncn4)=CC[C@H]3[C@H]12. The number of hydrogen-bond donors (Lipinski definition) is 0. The van der Waals surface area contributed by atoms with Crippen LogP contribution in [0.5, 0.6) is 0 Å². The Kier molecular flexibility index (Phi) is 3.90. The van der Waals surface area contributed by atoms with Gasteiger partial charge in [0.1, 0.15) is 12.1 Å². The largest absolute Gasteiger partial charge is 0.300 e. The quantitative estimate of drug-likeness (QED) is 0.676. The molecule has 1 aromatic rings. The first kappa shape index (κ1) is 17.6. The highest BCUT2D eigenvalue weighted by molar-refractivity contribution is 5.79. The van der Waals surface area contributed by atoms with E-state index in [4.69, 9.17) is 0 Å². The zero-order chi connectivity index (χ0) is 18.8. The van der Waals surface area contributed by atoms with E-state index in [9.17, 15) is 4.79 Å². The second-order valence-corrected chi connectivity index (χ2v) is 10.4. The van der Waals surface area contributed by atoms with Gasteiger partial charge in [-0.3, -0.25) is 4.79 Å². The van der Waals surface area contributed by atoms with E-state index in [2.05, 4.69) is 42.9 Å². The molecule has 3 nitrogen and oxygen atoms in total. The van der Waals surface area contributed by atoms with Gasteiger partial charge in [-0.25, -0.2) is 9.97 Å². The molecular formula is C24H32N2O. The average molecular weight is 365 g/mol. The molecule has 0 spiro atoms. The van der Waals surface area contributed by atoms with Crippen LogP contribution in [0.15, 0.2) is 24.7 Å². The summed E-state index contributed by atoms with van der Waals surface area (Å²) < 4.78 is 0.